The molecule has 0 radical (unpaired) electrons. The van der Waals surface area contributed by atoms with Crippen molar-refractivity contribution in [3.63, 3.8) is 0 Å². The molecule has 1 aromatic rings. The summed E-state index contributed by atoms with van der Waals surface area (Å²) in [5.41, 5.74) is 0.770. The standard InChI is InChI=1S/C15H21ClF2/c1-3-5-12(6-4-2)13(16)9-11-7-8-14(17)15(18)10-11/h7-8,10,12-13H,3-6,9H2,1-2H3. The topological polar surface area (TPSA) is 0 Å². The van der Waals surface area contributed by atoms with Gasteiger partial charge in [-0.15, -0.1) is 11.6 Å². The Hall–Kier alpha value is -0.630. The van der Waals surface area contributed by atoms with Gasteiger partial charge < -0.3 is 0 Å². The summed E-state index contributed by atoms with van der Waals surface area (Å²) < 4.78 is 25.9. The molecule has 0 nitrogen and oxygen atoms in total. The SMILES string of the molecule is CCCC(CCC)C(Cl)Cc1ccc(F)c(F)c1. The molecule has 0 bridgehead atoms. The van der Waals surface area contributed by atoms with Crippen LogP contribution in [0.2, 0.25) is 0 Å². The molecule has 0 N–H and O–H groups in total. The smallest absolute Gasteiger partial charge is 0.159 e. The second-order valence-corrected chi connectivity index (χ2v) is 5.37. The van der Waals surface area contributed by atoms with Crippen LogP contribution in [0.25, 0.3) is 0 Å². The highest BCUT2D eigenvalue weighted by molar-refractivity contribution is 6.20. The minimum absolute atomic E-state index is 0.00485. The van der Waals surface area contributed by atoms with Crippen LogP contribution in [0.5, 0.6) is 0 Å². The van der Waals surface area contributed by atoms with Crippen LogP contribution >= 0.6 is 11.6 Å². The van der Waals surface area contributed by atoms with Crippen LogP contribution in [0.15, 0.2) is 18.2 Å². The van der Waals surface area contributed by atoms with E-state index >= 15 is 0 Å². The maximum atomic E-state index is 13.1. The number of hydrogen-bond acceptors (Lipinski definition) is 0. The Kier molecular flexibility index (Phi) is 6.62. The highest BCUT2D eigenvalue weighted by Gasteiger charge is 2.18. The van der Waals surface area contributed by atoms with E-state index in [1.165, 1.54) is 12.1 Å². The highest BCUT2D eigenvalue weighted by Crippen LogP contribution is 2.25. The van der Waals surface area contributed by atoms with Crippen LogP contribution in [0.1, 0.15) is 45.1 Å². The molecule has 0 saturated carbocycles. The zero-order valence-corrected chi connectivity index (χ0v) is 11.8. The van der Waals surface area contributed by atoms with Crippen molar-refractivity contribution in [1.29, 1.82) is 0 Å². The number of benzene rings is 1. The van der Waals surface area contributed by atoms with Crippen molar-refractivity contribution in [2.24, 2.45) is 5.92 Å². The molecule has 0 spiro atoms. The first-order chi connectivity index (χ1) is 8.58. The predicted octanol–water partition coefficient (Wildman–Crippen LogP) is 5.33. The summed E-state index contributed by atoms with van der Waals surface area (Å²) in [5, 5.41) is -0.00485. The summed E-state index contributed by atoms with van der Waals surface area (Å²) in [5.74, 6) is -1.14. The molecule has 0 saturated heterocycles. The average molecular weight is 275 g/mol. The molecule has 1 atom stereocenters. The van der Waals surface area contributed by atoms with Crippen molar-refractivity contribution in [3.8, 4) is 0 Å². The Morgan fingerprint density at radius 3 is 2.17 bits per heavy atom. The van der Waals surface area contributed by atoms with Gasteiger partial charge in [-0.25, -0.2) is 8.78 Å². The molecule has 0 fully saturated rings. The zero-order chi connectivity index (χ0) is 13.5. The van der Waals surface area contributed by atoms with Crippen LogP contribution in [0.4, 0.5) is 8.78 Å². The predicted molar refractivity (Wildman–Crippen MR) is 73.0 cm³/mol. The van der Waals surface area contributed by atoms with Crippen molar-refractivity contribution in [2.45, 2.75) is 51.3 Å². The fraction of sp³-hybridized carbons (Fsp3) is 0.600. The van der Waals surface area contributed by atoms with Gasteiger partial charge in [-0.1, -0.05) is 32.8 Å². The van der Waals surface area contributed by atoms with E-state index in [0.29, 0.717) is 12.3 Å². The van der Waals surface area contributed by atoms with Crippen molar-refractivity contribution in [2.75, 3.05) is 0 Å². The molecule has 0 amide bonds. The van der Waals surface area contributed by atoms with Crippen LogP contribution in [-0.2, 0) is 6.42 Å². The Morgan fingerprint density at radius 2 is 1.67 bits per heavy atom. The Bertz CT molecular complexity index is 360. The van der Waals surface area contributed by atoms with E-state index in [2.05, 4.69) is 13.8 Å². The summed E-state index contributed by atoms with van der Waals surface area (Å²) in [6.45, 7) is 4.29. The van der Waals surface area contributed by atoms with Gasteiger partial charge in [0.15, 0.2) is 11.6 Å². The molecule has 0 aliphatic heterocycles. The third-order valence-electron chi connectivity index (χ3n) is 3.25. The first-order valence-electron chi connectivity index (χ1n) is 6.66. The van der Waals surface area contributed by atoms with E-state index in [-0.39, 0.29) is 5.38 Å². The van der Waals surface area contributed by atoms with Crippen LogP contribution in [-0.4, -0.2) is 5.38 Å². The maximum Gasteiger partial charge on any atom is 0.159 e. The fourth-order valence-corrected chi connectivity index (χ4v) is 2.74. The van der Waals surface area contributed by atoms with E-state index in [0.717, 1.165) is 31.2 Å². The second-order valence-electron chi connectivity index (χ2n) is 4.81. The Labute approximate surface area is 113 Å². The molecule has 0 aliphatic rings. The molecule has 0 aromatic heterocycles. The molecule has 3 heteroatoms. The lowest BCUT2D eigenvalue weighted by atomic mass is 9.91. The summed E-state index contributed by atoms with van der Waals surface area (Å²) >= 11 is 6.41. The lowest BCUT2D eigenvalue weighted by Gasteiger charge is -2.21. The van der Waals surface area contributed by atoms with Crippen LogP contribution in [0, 0.1) is 17.6 Å². The highest BCUT2D eigenvalue weighted by atomic mass is 35.5. The quantitative estimate of drug-likeness (QED) is 0.590. The monoisotopic (exact) mass is 274 g/mol. The lowest BCUT2D eigenvalue weighted by Crippen LogP contribution is -2.17. The van der Waals surface area contributed by atoms with E-state index in [4.69, 9.17) is 11.6 Å². The third kappa shape index (κ3) is 4.56. The van der Waals surface area contributed by atoms with Gasteiger partial charge in [0.2, 0.25) is 0 Å². The van der Waals surface area contributed by atoms with E-state index < -0.39 is 11.6 Å². The molecule has 102 valence electrons. The molecule has 18 heavy (non-hydrogen) atoms. The Balaban J connectivity index is 2.66. The number of halogens is 3. The van der Waals surface area contributed by atoms with E-state index in [1.807, 2.05) is 0 Å². The lowest BCUT2D eigenvalue weighted by molar-refractivity contribution is 0.417. The largest absolute Gasteiger partial charge is 0.204 e. The van der Waals surface area contributed by atoms with Crippen molar-refractivity contribution in [1.82, 2.24) is 0 Å². The molecule has 1 aromatic carbocycles. The molecule has 1 rings (SSSR count). The minimum atomic E-state index is -0.802. The molecular formula is C15H21ClF2. The zero-order valence-electron chi connectivity index (χ0n) is 11.1. The first-order valence-corrected chi connectivity index (χ1v) is 7.10. The number of rotatable bonds is 7. The van der Waals surface area contributed by atoms with Gasteiger partial charge in [0.1, 0.15) is 0 Å². The minimum Gasteiger partial charge on any atom is -0.204 e. The van der Waals surface area contributed by atoms with Gasteiger partial charge in [-0.2, -0.15) is 0 Å². The number of alkyl halides is 1. The van der Waals surface area contributed by atoms with Gasteiger partial charge in [0.25, 0.3) is 0 Å². The molecular weight excluding hydrogens is 254 g/mol. The normalized spacial score (nSPS) is 13.0. The molecule has 0 aliphatic carbocycles. The van der Waals surface area contributed by atoms with E-state index in [1.54, 1.807) is 6.07 Å². The summed E-state index contributed by atoms with van der Waals surface area (Å²) in [4.78, 5) is 0. The van der Waals surface area contributed by atoms with Gasteiger partial charge in [0.05, 0.1) is 0 Å². The van der Waals surface area contributed by atoms with Crippen LogP contribution < -0.4 is 0 Å². The summed E-state index contributed by atoms with van der Waals surface area (Å²) in [6, 6.07) is 4.03. The van der Waals surface area contributed by atoms with E-state index in [9.17, 15) is 8.78 Å². The van der Waals surface area contributed by atoms with Gasteiger partial charge >= 0.3 is 0 Å². The van der Waals surface area contributed by atoms with Gasteiger partial charge in [0, 0.05) is 5.38 Å². The van der Waals surface area contributed by atoms with Crippen molar-refractivity contribution < 1.29 is 8.78 Å². The third-order valence-corrected chi connectivity index (χ3v) is 3.76. The number of hydrogen-bond donors (Lipinski definition) is 0. The van der Waals surface area contributed by atoms with Gasteiger partial charge in [-0.05, 0) is 42.9 Å². The second kappa shape index (κ2) is 7.73. The van der Waals surface area contributed by atoms with Crippen molar-refractivity contribution >= 4 is 11.6 Å². The first kappa shape index (κ1) is 15.4. The molecule has 0 heterocycles. The fourth-order valence-electron chi connectivity index (χ4n) is 2.31. The Morgan fingerprint density at radius 1 is 1.06 bits per heavy atom. The van der Waals surface area contributed by atoms with Gasteiger partial charge in [-0.3, -0.25) is 0 Å². The maximum absolute atomic E-state index is 13.1. The molecule has 1 unspecified atom stereocenters. The van der Waals surface area contributed by atoms with Crippen LogP contribution in [0.3, 0.4) is 0 Å². The average Bonchev–Trinajstić information content (AvgIpc) is 2.33. The summed E-state index contributed by atoms with van der Waals surface area (Å²) in [7, 11) is 0. The van der Waals surface area contributed by atoms with Crippen molar-refractivity contribution in [3.05, 3.63) is 35.4 Å². The summed E-state index contributed by atoms with van der Waals surface area (Å²) in [6.07, 6.45) is 4.98.